The summed E-state index contributed by atoms with van der Waals surface area (Å²) in [7, 11) is 3.70. The normalized spacial score (nSPS) is 12.0. The fourth-order valence-electron chi connectivity index (χ4n) is 2.51. The molecule has 0 radical (unpaired) electrons. The van der Waals surface area contributed by atoms with Crippen LogP contribution < -0.4 is 15.4 Å². The molecule has 130 valence electrons. The van der Waals surface area contributed by atoms with Gasteiger partial charge in [-0.05, 0) is 32.9 Å². The van der Waals surface area contributed by atoms with Gasteiger partial charge in [0.15, 0.2) is 0 Å². The summed E-state index contributed by atoms with van der Waals surface area (Å²) in [6.45, 7) is 7.03. The van der Waals surface area contributed by atoms with Crippen molar-refractivity contribution < 1.29 is 9.47 Å². The molecule has 0 saturated carbocycles. The highest BCUT2D eigenvalue weighted by Crippen LogP contribution is 2.35. The zero-order chi connectivity index (χ0) is 17.7. The number of nitrogen functional groups attached to an aromatic ring is 1. The van der Waals surface area contributed by atoms with Crippen molar-refractivity contribution in [2.24, 2.45) is 4.99 Å². The molecule has 0 spiro atoms. The van der Waals surface area contributed by atoms with Crippen molar-refractivity contribution in [2.45, 2.75) is 26.9 Å². The molecule has 0 fully saturated rings. The van der Waals surface area contributed by atoms with Gasteiger partial charge in [-0.3, -0.25) is 4.99 Å². The summed E-state index contributed by atoms with van der Waals surface area (Å²) in [5.41, 5.74) is 7.70. The summed E-state index contributed by atoms with van der Waals surface area (Å²) in [6.07, 6.45) is 0.0639. The third-order valence-electron chi connectivity index (χ3n) is 3.60. The minimum atomic E-state index is 0.0639. The van der Waals surface area contributed by atoms with Crippen molar-refractivity contribution in [3.05, 3.63) is 24.3 Å². The lowest BCUT2D eigenvalue weighted by atomic mass is 10.1. The highest BCUT2D eigenvalue weighted by molar-refractivity contribution is 6.07. The Balaban J connectivity index is 2.59. The number of nitrogens with zero attached hydrogens (tertiary/aromatic N) is 3. The zero-order valence-corrected chi connectivity index (χ0v) is 15.0. The van der Waals surface area contributed by atoms with Crippen LogP contribution in [0.1, 0.15) is 20.8 Å². The van der Waals surface area contributed by atoms with Crippen molar-refractivity contribution in [1.29, 1.82) is 0 Å². The summed E-state index contributed by atoms with van der Waals surface area (Å²) in [5, 5.41) is 0.917. The molecule has 0 saturated heterocycles. The van der Waals surface area contributed by atoms with Crippen LogP contribution in [0.5, 0.6) is 5.75 Å². The minimum absolute atomic E-state index is 0.0639. The number of aliphatic imine (C=N–C) groups is 1. The molecule has 2 N–H and O–H groups in total. The monoisotopic (exact) mass is 330 g/mol. The molecule has 0 aliphatic rings. The molecule has 6 nitrogen and oxygen atoms in total. The molecule has 24 heavy (non-hydrogen) atoms. The lowest BCUT2D eigenvalue weighted by Crippen LogP contribution is -2.31. The van der Waals surface area contributed by atoms with Gasteiger partial charge in [0.05, 0.1) is 22.7 Å². The van der Waals surface area contributed by atoms with Crippen molar-refractivity contribution >= 4 is 28.2 Å². The molecule has 0 unspecified atom stereocenters. The van der Waals surface area contributed by atoms with E-state index in [4.69, 9.17) is 15.2 Å². The number of anilines is 2. The molecule has 1 aromatic carbocycles. The van der Waals surface area contributed by atoms with E-state index in [9.17, 15) is 0 Å². The van der Waals surface area contributed by atoms with E-state index in [-0.39, 0.29) is 6.10 Å². The number of pyridine rings is 1. The molecule has 0 aliphatic heterocycles. The quantitative estimate of drug-likeness (QED) is 0.651. The number of amidine groups is 1. The minimum Gasteiger partial charge on any atom is -0.490 e. The molecule has 1 heterocycles. The number of fused-ring (bicyclic) bond motifs is 1. The Bertz CT molecular complexity index is 728. The maximum Gasteiger partial charge on any atom is 0.131 e. The van der Waals surface area contributed by atoms with E-state index < -0.39 is 0 Å². The first-order valence-electron chi connectivity index (χ1n) is 8.11. The second-order valence-corrected chi connectivity index (χ2v) is 5.72. The first-order valence-corrected chi connectivity index (χ1v) is 8.11. The number of hydrogen-bond donors (Lipinski definition) is 1. The van der Waals surface area contributed by atoms with Crippen molar-refractivity contribution in [3.63, 3.8) is 0 Å². The van der Waals surface area contributed by atoms with Crippen LogP contribution >= 0.6 is 0 Å². The molecule has 6 heteroatoms. The predicted molar refractivity (Wildman–Crippen MR) is 100 cm³/mol. The number of likely N-dealkylation sites (N-methyl/N-ethyl adjacent to an activating group) is 1. The smallest absolute Gasteiger partial charge is 0.131 e. The third kappa shape index (κ3) is 3.94. The van der Waals surface area contributed by atoms with Gasteiger partial charge in [-0.25, -0.2) is 4.98 Å². The van der Waals surface area contributed by atoms with Crippen LogP contribution in [0.15, 0.2) is 29.3 Å². The van der Waals surface area contributed by atoms with Crippen molar-refractivity contribution in [3.8, 4) is 5.75 Å². The molecule has 0 atom stereocenters. The van der Waals surface area contributed by atoms with Crippen LogP contribution in [-0.4, -0.2) is 44.2 Å². The van der Waals surface area contributed by atoms with Gasteiger partial charge in [0.2, 0.25) is 0 Å². The lowest BCUT2D eigenvalue weighted by Gasteiger charge is -2.24. The van der Waals surface area contributed by atoms with Gasteiger partial charge in [-0.15, -0.1) is 0 Å². The van der Waals surface area contributed by atoms with Gasteiger partial charge in [0.1, 0.15) is 24.0 Å². The van der Waals surface area contributed by atoms with Crippen LogP contribution in [0.4, 0.5) is 11.5 Å². The highest BCUT2D eigenvalue weighted by atomic mass is 16.5. The van der Waals surface area contributed by atoms with E-state index in [1.165, 1.54) is 0 Å². The van der Waals surface area contributed by atoms with E-state index in [0.29, 0.717) is 19.0 Å². The SMILES string of the molecule is CCOC/C(=N/C)N(C)c1cc(N)nc2cccc(OC(C)C)c12. The lowest BCUT2D eigenvalue weighted by molar-refractivity contribution is 0.186. The Morgan fingerprint density at radius 3 is 2.75 bits per heavy atom. The maximum atomic E-state index is 6.01. The first kappa shape index (κ1) is 18.0. The number of rotatable bonds is 6. The highest BCUT2D eigenvalue weighted by Gasteiger charge is 2.17. The number of nitrogens with two attached hydrogens (primary N) is 1. The predicted octanol–water partition coefficient (Wildman–Crippen LogP) is 3.11. The van der Waals surface area contributed by atoms with Gasteiger partial charge in [0.25, 0.3) is 0 Å². The van der Waals surface area contributed by atoms with Gasteiger partial charge in [-0.2, -0.15) is 0 Å². The average molecular weight is 330 g/mol. The Morgan fingerprint density at radius 2 is 2.12 bits per heavy atom. The van der Waals surface area contributed by atoms with Gasteiger partial charge >= 0.3 is 0 Å². The largest absolute Gasteiger partial charge is 0.490 e. The summed E-state index contributed by atoms with van der Waals surface area (Å²) < 4.78 is 11.5. The maximum absolute atomic E-state index is 6.01. The van der Waals surface area contributed by atoms with E-state index in [1.54, 1.807) is 7.05 Å². The molecule has 2 aromatic rings. The van der Waals surface area contributed by atoms with Crippen LogP contribution in [0.2, 0.25) is 0 Å². The van der Waals surface area contributed by atoms with Gasteiger partial charge < -0.3 is 20.1 Å². The third-order valence-corrected chi connectivity index (χ3v) is 3.60. The van der Waals surface area contributed by atoms with E-state index in [1.807, 2.05) is 57.0 Å². The Morgan fingerprint density at radius 1 is 1.38 bits per heavy atom. The van der Waals surface area contributed by atoms with Crippen LogP contribution in [0.25, 0.3) is 10.9 Å². The molecular weight excluding hydrogens is 304 g/mol. The number of hydrogen-bond acceptors (Lipinski definition) is 5. The fraction of sp³-hybridized carbons (Fsp3) is 0.444. The molecular formula is C18H26N4O2. The van der Waals surface area contributed by atoms with Gasteiger partial charge in [-0.1, -0.05) is 6.07 Å². The summed E-state index contributed by atoms with van der Waals surface area (Å²) in [6, 6.07) is 7.64. The molecule has 0 aliphatic carbocycles. The second kappa shape index (κ2) is 7.97. The van der Waals surface area contributed by atoms with Crippen LogP contribution in [-0.2, 0) is 4.74 Å². The van der Waals surface area contributed by atoms with E-state index in [2.05, 4.69) is 9.98 Å². The number of aromatic nitrogens is 1. The Labute approximate surface area is 143 Å². The average Bonchev–Trinajstić information content (AvgIpc) is 2.54. The van der Waals surface area contributed by atoms with Gasteiger partial charge in [0, 0.05) is 26.8 Å². The standard InChI is InChI=1S/C18H26N4O2/c1-6-23-11-17(20-4)22(5)14-10-16(19)21-13-8-7-9-15(18(13)14)24-12(2)3/h7-10,12H,6,11H2,1-5H3,(H2,19,21)/b20-17-. The zero-order valence-electron chi connectivity index (χ0n) is 15.0. The molecule has 2 rings (SSSR count). The summed E-state index contributed by atoms with van der Waals surface area (Å²) in [4.78, 5) is 10.8. The molecule has 0 bridgehead atoms. The van der Waals surface area contributed by atoms with Crippen molar-refractivity contribution in [2.75, 3.05) is 37.9 Å². The number of benzene rings is 1. The summed E-state index contributed by atoms with van der Waals surface area (Å²) in [5.74, 6) is 2.05. The Kier molecular flexibility index (Phi) is 5.98. The number of ether oxygens (including phenoxy) is 2. The topological polar surface area (TPSA) is 73.0 Å². The molecule has 0 amide bonds. The van der Waals surface area contributed by atoms with Crippen LogP contribution in [0.3, 0.4) is 0 Å². The molecule has 1 aromatic heterocycles. The van der Waals surface area contributed by atoms with Crippen LogP contribution in [0, 0.1) is 0 Å². The fourth-order valence-corrected chi connectivity index (χ4v) is 2.51. The first-order chi connectivity index (χ1) is 11.5. The summed E-state index contributed by atoms with van der Waals surface area (Å²) >= 11 is 0. The second-order valence-electron chi connectivity index (χ2n) is 5.72. The van der Waals surface area contributed by atoms with E-state index in [0.717, 1.165) is 28.2 Å². The van der Waals surface area contributed by atoms with Crippen molar-refractivity contribution in [1.82, 2.24) is 4.98 Å². The van der Waals surface area contributed by atoms with E-state index >= 15 is 0 Å². The Hall–Kier alpha value is -2.34.